The average molecular weight is 244 g/mol. The smallest absolute Gasteiger partial charge is 0.162 e. The van der Waals surface area contributed by atoms with E-state index in [1.54, 1.807) is 0 Å². The van der Waals surface area contributed by atoms with Crippen LogP contribution in [0.1, 0.15) is 38.7 Å². The molecule has 0 radical (unpaired) electrons. The van der Waals surface area contributed by atoms with Crippen molar-refractivity contribution in [1.82, 2.24) is 0 Å². The lowest BCUT2D eigenvalue weighted by molar-refractivity contribution is -0.131. The zero-order valence-corrected chi connectivity index (χ0v) is 11.1. The maximum absolute atomic E-state index is 12.0. The van der Waals surface area contributed by atoms with Crippen molar-refractivity contribution in [3.05, 3.63) is 47.0 Å². The van der Waals surface area contributed by atoms with Crippen LogP contribution in [0.15, 0.2) is 41.5 Å². The minimum Gasteiger partial charge on any atom is -0.365 e. The summed E-state index contributed by atoms with van der Waals surface area (Å²) in [6, 6.07) is 10.0. The van der Waals surface area contributed by atoms with Crippen LogP contribution in [0.4, 0.5) is 0 Å². The molecule has 0 heterocycles. The number of carbonyl (C=O) groups excluding carboxylic acids is 1. The molecule has 0 fully saturated rings. The van der Waals surface area contributed by atoms with E-state index in [1.807, 2.05) is 30.3 Å². The van der Waals surface area contributed by atoms with E-state index in [-0.39, 0.29) is 11.9 Å². The van der Waals surface area contributed by atoms with Crippen molar-refractivity contribution in [2.24, 2.45) is 0 Å². The van der Waals surface area contributed by atoms with Crippen molar-refractivity contribution in [1.29, 1.82) is 0 Å². The van der Waals surface area contributed by atoms with Gasteiger partial charge in [-0.3, -0.25) is 4.79 Å². The van der Waals surface area contributed by atoms with Crippen LogP contribution in [0.2, 0.25) is 0 Å². The Hall–Kier alpha value is -1.41. The molecule has 0 aliphatic heterocycles. The summed E-state index contributed by atoms with van der Waals surface area (Å²) in [5.41, 5.74) is 3.76. The number of carbonyl (C=O) groups is 1. The third-order valence-corrected chi connectivity index (χ3v) is 3.62. The standard InChI is InChI=1S/C16H20O2/c1-12-8-9-15(17)16(10-13(12)2)18-11-14-6-4-3-5-7-14/h3-7,16H,8-11H2,1-2H3. The van der Waals surface area contributed by atoms with Crippen molar-refractivity contribution in [3.63, 3.8) is 0 Å². The van der Waals surface area contributed by atoms with Crippen LogP contribution in [0.25, 0.3) is 0 Å². The van der Waals surface area contributed by atoms with Crippen molar-refractivity contribution < 1.29 is 9.53 Å². The van der Waals surface area contributed by atoms with Gasteiger partial charge in [0.1, 0.15) is 6.10 Å². The van der Waals surface area contributed by atoms with Gasteiger partial charge in [0.15, 0.2) is 5.78 Å². The second kappa shape index (κ2) is 5.96. The minimum absolute atomic E-state index is 0.238. The van der Waals surface area contributed by atoms with Crippen LogP contribution in [0.3, 0.4) is 0 Å². The first-order chi connectivity index (χ1) is 8.66. The number of ether oxygens (including phenoxy) is 1. The van der Waals surface area contributed by atoms with Crippen LogP contribution in [0.5, 0.6) is 0 Å². The van der Waals surface area contributed by atoms with Crippen molar-refractivity contribution in [2.45, 2.75) is 45.8 Å². The molecular formula is C16H20O2. The fourth-order valence-corrected chi connectivity index (χ4v) is 2.17. The van der Waals surface area contributed by atoms with Crippen molar-refractivity contribution in [3.8, 4) is 0 Å². The second-order valence-corrected chi connectivity index (χ2v) is 5.02. The normalized spacial score (nSPS) is 21.0. The Morgan fingerprint density at radius 1 is 1.11 bits per heavy atom. The molecule has 0 spiro atoms. The largest absolute Gasteiger partial charge is 0.365 e. The van der Waals surface area contributed by atoms with Gasteiger partial charge in [0.25, 0.3) is 0 Å². The molecule has 2 nitrogen and oxygen atoms in total. The maximum atomic E-state index is 12.0. The number of hydrogen-bond donors (Lipinski definition) is 0. The number of ketones is 1. The molecule has 0 saturated heterocycles. The van der Waals surface area contributed by atoms with E-state index in [0.29, 0.717) is 13.0 Å². The van der Waals surface area contributed by atoms with Crippen LogP contribution < -0.4 is 0 Å². The summed E-state index contributed by atoms with van der Waals surface area (Å²) >= 11 is 0. The van der Waals surface area contributed by atoms with Crippen molar-refractivity contribution in [2.75, 3.05) is 0 Å². The number of hydrogen-bond acceptors (Lipinski definition) is 2. The van der Waals surface area contributed by atoms with Gasteiger partial charge in [-0.2, -0.15) is 0 Å². The molecule has 1 aliphatic carbocycles. The number of Topliss-reactive ketones (excluding diaryl/α,β-unsaturated/α-hetero) is 1. The molecule has 1 atom stereocenters. The van der Waals surface area contributed by atoms with E-state index in [4.69, 9.17) is 4.74 Å². The van der Waals surface area contributed by atoms with Gasteiger partial charge in [-0.15, -0.1) is 0 Å². The fraction of sp³-hybridized carbons (Fsp3) is 0.438. The highest BCUT2D eigenvalue weighted by atomic mass is 16.5. The van der Waals surface area contributed by atoms with Gasteiger partial charge in [0.2, 0.25) is 0 Å². The topological polar surface area (TPSA) is 26.3 Å². The lowest BCUT2D eigenvalue weighted by Crippen LogP contribution is -2.23. The Balaban J connectivity index is 1.98. The first-order valence-electron chi connectivity index (χ1n) is 6.50. The third-order valence-electron chi connectivity index (χ3n) is 3.62. The molecule has 1 aromatic carbocycles. The van der Waals surface area contributed by atoms with Crippen LogP contribution >= 0.6 is 0 Å². The van der Waals surface area contributed by atoms with Gasteiger partial charge in [-0.1, -0.05) is 41.5 Å². The zero-order chi connectivity index (χ0) is 13.0. The quantitative estimate of drug-likeness (QED) is 0.758. The molecule has 96 valence electrons. The van der Waals surface area contributed by atoms with Gasteiger partial charge >= 0.3 is 0 Å². The molecule has 1 unspecified atom stereocenters. The zero-order valence-electron chi connectivity index (χ0n) is 11.1. The Kier molecular flexibility index (Phi) is 4.32. The number of rotatable bonds is 3. The number of allylic oxidation sites excluding steroid dienone is 1. The molecule has 0 bridgehead atoms. The molecule has 1 aromatic rings. The third kappa shape index (κ3) is 3.30. The Bertz CT molecular complexity index is 445. The van der Waals surface area contributed by atoms with Gasteiger partial charge in [0, 0.05) is 12.8 Å². The van der Waals surface area contributed by atoms with Gasteiger partial charge < -0.3 is 4.74 Å². The molecule has 0 aromatic heterocycles. The summed E-state index contributed by atoms with van der Waals surface area (Å²) < 4.78 is 5.80. The van der Waals surface area contributed by atoms with Crippen LogP contribution in [-0.2, 0) is 16.1 Å². The molecular weight excluding hydrogens is 224 g/mol. The number of benzene rings is 1. The SMILES string of the molecule is CC1=C(C)CC(OCc2ccccc2)C(=O)CC1. The van der Waals surface area contributed by atoms with E-state index in [0.717, 1.165) is 18.4 Å². The molecule has 0 amide bonds. The summed E-state index contributed by atoms with van der Waals surface area (Å²) in [5, 5.41) is 0. The second-order valence-electron chi connectivity index (χ2n) is 5.02. The molecule has 1 aliphatic rings. The summed E-state index contributed by atoms with van der Waals surface area (Å²) in [5.74, 6) is 0.238. The minimum atomic E-state index is -0.261. The van der Waals surface area contributed by atoms with Crippen molar-refractivity contribution >= 4 is 5.78 Å². The van der Waals surface area contributed by atoms with Gasteiger partial charge in [0.05, 0.1) is 6.61 Å². The van der Waals surface area contributed by atoms with Crippen LogP contribution in [0, 0.1) is 0 Å². The Morgan fingerprint density at radius 2 is 1.83 bits per heavy atom. The summed E-state index contributed by atoms with van der Waals surface area (Å²) in [6.45, 7) is 4.73. The van der Waals surface area contributed by atoms with Gasteiger partial charge in [-0.25, -0.2) is 0 Å². The predicted molar refractivity (Wildman–Crippen MR) is 72.3 cm³/mol. The highest BCUT2D eigenvalue weighted by molar-refractivity contribution is 5.84. The van der Waals surface area contributed by atoms with Crippen LogP contribution in [-0.4, -0.2) is 11.9 Å². The highest BCUT2D eigenvalue weighted by Gasteiger charge is 2.23. The van der Waals surface area contributed by atoms with Gasteiger partial charge in [-0.05, 0) is 25.8 Å². The Labute approximate surface area is 109 Å². The monoisotopic (exact) mass is 244 g/mol. The molecule has 2 rings (SSSR count). The fourth-order valence-electron chi connectivity index (χ4n) is 2.17. The predicted octanol–water partition coefficient (Wildman–Crippen LogP) is 3.66. The lowest BCUT2D eigenvalue weighted by atomic mass is 10.1. The molecule has 0 saturated carbocycles. The summed E-state index contributed by atoms with van der Waals surface area (Å²) in [4.78, 5) is 12.0. The first kappa shape index (κ1) is 13.0. The molecule has 0 N–H and O–H groups in total. The Morgan fingerprint density at radius 3 is 2.56 bits per heavy atom. The van der Waals surface area contributed by atoms with E-state index in [9.17, 15) is 4.79 Å². The van der Waals surface area contributed by atoms with E-state index in [1.165, 1.54) is 11.1 Å². The highest BCUT2D eigenvalue weighted by Crippen LogP contribution is 2.23. The molecule has 2 heteroatoms. The first-order valence-corrected chi connectivity index (χ1v) is 6.50. The van der Waals surface area contributed by atoms with E-state index >= 15 is 0 Å². The lowest BCUT2D eigenvalue weighted by Gasteiger charge is -2.15. The van der Waals surface area contributed by atoms with E-state index in [2.05, 4.69) is 13.8 Å². The summed E-state index contributed by atoms with van der Waals surface area (Å²) in [7, 11) is 0. The van der Waals surface area contributed by atoms with E-state index < -0.39 is 0 Å². The summed E-state index contributed by atoms with van der Waals surface area (Å²) in [6.07, 6.45) is 1.98. The maximum Gasteiger partial charge on any atom is 0.162 e. The average Bonchev–Trinajstić information content (AvgIpc) is 2.51. The molecule has 18 heavy (non-hydrogen) atoms.